The van der Waals surface area contributed by atoms with Gasteiger partial charge in [-0.15, -0.1) is 0 Å². The maximum Gasteiger partial charge on any atom is 0.325 e. The molecule has 7 heteroatoms. The minimum absolute atomic E-state index is 0.301. The molecule has 0 bridgehead atoms. The normalized spacial score (nSPS) is 15.4. The van der Waals surface area contributed by atoms with E-state index in [4.69, 9.17) is 0 Å². The zero-order chi connectivity index (χ0) is 21.3. The molecule has 1 fully saturated rings. The SMILES string of the molecule is COC(=O)CN1C(=O)S/C(=C\c2c(C)n(Cc3ccccc3)c3ccccc23)C1=O. The molecule has 0 radical (unpaired) electrons. The number of aromatic nitrogens is 1. The summed E-state index contributed by atoms with van der Waals surface area (Å²) in [5.41, 5.74) is 4.12. The molecule has 0 aliphatic carbocycles. The van der Waals surface area contributed by atoms with Crippen molar-refractivity contribution >= 4 is 45.9 Å². The van der Waals surface area contributed by atoms with Gasteiger partial charge in [0.15, 0.2) is 0 Å². The van der Waals surface area contributed by atoms with E-state index >= 15 is 0 Å². The molecular formula is C23H20N2O4S. The van der Waals surface area contributed by atoms with Crippen molar-refractivity contribution in [2.24, 2.45) is 0 Å². The van der Waals surface area contributed by atoms with Gasteiger partial charge in [-0.3, -0.25) is 19.3 Å². The minimum Gasteiger partial charge on any atom is -0.468 e. The van der Waals surface area contributed by atoms with Crippen LogP contribution in [0.25, 0.3) is 17.0 Å². The molecule has 2 heterocycles. The van der Waals surface area contributed by atoms with Gasteiger partial charge in [0.1, 0.15) is 6.54 Å². The van der Waals surface area contributed by atoms with Gasteiger partial charge < -0.3 is 9.30 Å². The topological polar surface area (TPSA) is 68.6 Å². The third kappa shape index (κ3) is 3.64. The molecule has 6 nitrogen and oxygen atoms in total. The molecule has 4 rings (SSSR count). The van der Waals surface area contributed by atoms with Gasteiger partial charge in [-0.25, -0.2) is 0 Å². The smallest absolute Gasteiger partial charge is 0.325 e. The Bertz CT molecular complexity index is 1180. The van der Waals surface area contributed by atoms with Gasteiger partial charge in [0.25, 0.3) is 11.1 Å². The van der Waals surface area contributed by atoms with Crippen LogP contribution in [0, 0.1) is 6.92 Å². The number of imide groups is 1. The predicted molar refractivity (Wildman–Crippen MR) is 117 cm³/mol. The number of amides is 2. The summed E-state index contributed by atoms with van der Waals surface area (Å²) in [7, 11) is 1.22. The lowest BCUT2D eigenvalue weighted by Gasteiger charge is -2.10. The highest BCUT2D eigenvalue weighted by Crippen LogP contribution is 2.35. The highest BCUT2D eigenvalue weighted by molar-refractivity contribution is 8.18. The van der Waals surface area contributed by atoms with Gasteiger partial charge in [0, 0.05) is 28.7 Å². The number of ether oxygens (including phenoxy) is 1. The summed E-state index contributed by atoms with van der Waals surface area (Å²) in [5.74, 6) is -1.11. The number of thioether (sulfide) groups is 1. The number of carbonyl (C=O) groups excluding carboxylic acids is 3. The molecular weight excluding hydrogens is 400 g/mol. The Labute approximate surface area is 178 Å². The van der Waals surface area contributed by atoms with E-state index < -0.39 is 17.1 Å². The number of carbonyl (C=O) groups is 3. The van der Waals surface area contributed by atoms with Crippen molar-refractivity contribution in [3.8, 4) is 0 Å². The van der Waals surface area contributed by atoms with E-state index in [0.717, 1.165) is 38.8 Å². The van der Waals surface area contributed by atoms with Crippen LogP contribution >= 0.6 is 11.8 Å². The van der Waals surface area contributed by atoms with E-state index in [-0.39, 0.29) is 6.54 Å². The van der Waals surface area contributed by atoms with E-state index in [1.165, 1.54) is 12.7 Å². The molecule has 1 aliphatic heterocycles. The largest absolute Gasteiger partial charge is 0.468 e. The van der Waals surface area contributed by atoms with Gasteiger partial charge >= 0.3 is 5.97 Å². The number of para-hydroxylation sites is 1. The molecule has 0 unspecified atom stereocenters. The lowest BCUT2D eigenvalue weighted by molar-refractivity contribution is -0.143. The van der Waals surface area contributed by atoms with Crippen molar-refractivity contribution < 1.29 is 19.1 Å². The molecule has 2 amide bonds. The predicted octanol–water partition coefficient (Wildman–Crippen LogP) is 4.21. The van der Waals surface area contributed by atoms with Crippen LogP contribution in [0.5, 0.6) is 0 Å². The van der Waals surface area contributed by atoms with Crippen molar-refractivity contribution in [3.05, 3.63) is 76.3 Å². The minimum atomic E-state index is -0.630. The summed E-state index contributed by atoms with van der Waals surface area (Å²) in [6.45, 7) is 2.32. The number of fused-ring (bicyclic) bond motifs is 1. The first-order valence-electron chi connectivity index (χ1n) is 9.43. The standard InChI is InChI=1S/C23H20N2O4S/c1-15-18(12-20-22(27)25(23(28)30-20)14-21(26)29-2)17-10-6-7-11-19(17)24(15)13-16-8-4-3-5-9-16/h3-12H,13-14H2,1-2H3/b20-12-. The summed E-state index contributed by atoms with van der Waals surface area (Å²) in [6, 6.07) is 18.1. The Balaban J connectivity index is 1.75. The van der Waals surface area contributed by atoms with Crippen LogP contribution in [0.4, 0.5) is 4.79 Å². The Morgan fingerprint density at radius 3 is 2.50 bits per heavy atom. The maximum absolute atomic E-state index is 12.7. The molecule has 0 N–H and O–H groups in total. The molecule has 0 saturated carbocycles. The molecule has 152 valence electrons. The third-order valence-corrected chi connectivity index (χ3v) is 6.03. The molecule has 2 aromatic carbocycles. The van der Waals surface area contributed by atoms with Crippen molar-refractivity contribution in [1.82, 2.24) is 9.47 Å². The average Bonchev–Trinajstić information content (AvgIpc) is 3.17. The first-order chi connectivity index (χ1) is 14.5. The van der Waals surface area contributed by atoms with E-state index in [1.54, 1.807) is 6.08 Å². The average molecular weight is 420 g/mol. The Morgan fingerprint density at radius 2 is 1.77 bits per heavy atom. The van der Waals surface area contributed by atoms with Gasteiger partial charge in [-0.1, -0.05) is 48.5 Å². The Morgan fingerprint density at radius 1 is 1.07 bits per heavy atom. The van der Waals surface area contributed by atoms with Crippen LogP contribution in [-0.2, 0) is 20.9 Å². The van der Waals surface area contributed by atoms with Crippen LogP contribution in [0.15, 0.2) is 59.5 Å². The Hall–Kier alpha value is -3.32. The van der Waals surface area contributed by atoms with Crippen molar-refractivity contribution in [2.75, 3.05) is 13.7 Å². The number of hydrogen-bond donors (Lipinski definition) is 0. The monoisotopic (exact) mass is 420 g/mol. The molecule has 1 saturated heterocycles. The second kappa shape index (κ2) is 8.20. The zero-order valence-corrected chi connectivity index (χ0v) is 17.4. The number of esters is 1. The fraction of sp³-hybridized carbons (Fsp3) is 0.174. The van der Waals surface area contributed by atoms with Crippen molar-refractivity contribution in [3.63, 3.8) is 0 Å². The summed E-state index contributed by atoms with van der Waals surface area (Å²) >= 11 is 0.841. The van der Waals surface area contributed by atoms with Crippen molar-refractivity contribution in [2.45, 2.75) is 13.5 Å². The molecule has 0 spiro atoms. The van der Waals surface area contributed by atoms with E-state index in [2.05, 4.69) is 21.4 Å². The van der Waals surface area contributed by atoms with E-state index in [9.17, 15) is 14.4 Å². The number of benzene rings is 2. The van der Waals surface area contributed by atoms with Gasteiger partial charge in [0.2, 0.25) is 0 Å². The van der Waals surface area contributed by atoms with Gasteiger partial charge in [-0.05, 0) is 36.4 Å². The van der Waals surface area contributed by atoms with Gasteiger partial charge in [-0.2, -0.15) is 0 Å². The highest BCUT2D eigenvalue weighted by Gasteiger charge is 2.36. The van der Waals surface area contributed by atoms with E-state index in [0.29, 0.717) is 11.4 Å². The lowest BCUT2D eigenvalue weighted by atomic mass is 10.1. The quantitative estimate of drug-likeness (QED) is 0.457. The van der Waals surface area contributed by atoms with Crippen LogP contribution in [0.1, 0.15) is 16.8 Å². The van der Waals surface area contributed by atoms with Crippen LogP contribution < -0.4 is 0 Å². The third-order valence-electron chi connectivity index (χ3n) is 5.13. The first-order valence-corrected chi connectivity index (χ1v) is 10.2. The lowest BCUT2D eigenvalue weighted by Crippen LogP contribution is -2.34. The molecule has 1 aromatic heterocycles. The summed E-state index contributed by atoms with van der Waals surface area (Å²) in [5, 5.41) is 0.535. The van der Waals surface area contributed by atoms with Crippen molar-refractivity contribution in [1.29, 1.82) is 0 Å². The Kier molecular flexibility index (Phi) is 5.46. The number of methoxy groups -OCH3 is 1. The maximum atomic E-state index is 12.7. The zero-order valence-electron chi connectivity index (χ0n) is 16.6. The second-order valence-corrected chi connectivity index (χ2v) is 7.93. The van der Waals surface area contributed by atoms with Crippen LogP contribution in [0.3, 0.4) is 0 Å². The molecule has 1 aliphatic rings. The number of hydrogen-bond acceptors (Lipinski definition) is 5. The first kappa shape index (κ1) is 20.0. The second-order valence-electron chi connectivity index (χ2n) is 6.93. The molecule has 3 aromatic rings. The summed E-state index contributed by atoms with van der Waals surface area (Å²) < 4.78 is 6.79. The molecule has 30 heavy (non-hydrogen) atoms. The highest BCUT2D eigenvalue weighted by atomic mass is 32.2. The molecule has 0 atom stereocenters. The van der Waals surface area contributed by atoms with Crippen LogP contribution in [0.2, 0.25) is 0 Å². The number of nitrogens with zero attached hydrogens (tertiary/aromatic N) is 2. The summed E-state index contributed by atoms with van der Waals surface area (Å²) in [6.07, 6.45) is 1.75. The fourth-order valence-electron chi connectivity index (χ4n) is 3.57. The summed E-state index contributed by atoms with van der Waals surface area (Å²) in [4.78, 5) is 37.7. The number of rotatable bonds is 5. The fourth-order valence-corrected chi connectivity index (χ4v) is 4.39. The van der Waals surface area contributed by atoms with Gasteiger partial charge in [0.05, 0.1) is 12.0 Å². The van der Waals surface area contributed by atoms with E-state index in [1.807, 2.05) is 49.4 Å². The van der Waals surface area contributed by atoms with Crippen LogP contribution in [-0.4, -0.2) is 40.2 Å².